The minimum Gasteiger partial charge on any atom is -0.338 e. The van der Waals surface area contributed by atoms with Gasteiger partial charge in [0.1, 0.15) is 22.6 Å². The van der Waals surface area contributed by atoms with E-state index < -0.39 is 5.82 Å². The standard InChI is InChI=1S/C12H9BrCl2FN3/c1-5-11(15)17-6(2)18-12(5)19-10-8(13)3-7(16)4-9(10)14/h3-4H,1-2H3,(H,17,18,19). The molecule has 0 radical (unpaired) electrons. The van der Waals surface area contributed by atoms with E-state index in [2.05, 4.69) is 31.2 Å². The Morgan fingerprint density at radius 1 is 1.21 bits per heavy atom. The Balaban J connectivity index is 2.48. The molecule has 0 spiro atoms. The van der Waals surface area contributed by atoms with Gasteiger partial charge < -0.3 is 5.32 Å². The van der Waals surface area contributed by atoms with Crippen LogP contribution in [0, 0.1) is 19.7 Å². The van der Waals surface area contributed by atoms with E-state index in [1.807, 2.05) is 0 Å². The van der Waals surface area contributed by atoms with E-state index in [-0.39, 0.29) is 5.02 Å². The predicted molar refractivity (Wildman–Crippen MR) is 78.9 cm³/mol. The van der Waals surface area contributed by atoms with Crippen molar-refractivity contribution in [2.75, 3.05) is 5.32 Å². The second kappa shape index (κ2) is 5.61. The fourth-order valence-corrected chi connectivity index (χ4v) is 2.61. The van der Waals surface area contributed by atoms with Crippen molar-refractivity contribution in [1.82, 2.24) is 9.97 Å². The fraction of sp³-hybridized carbons (Fsp3) is 0.167. The largest absolute Gasteiger partial charge is 0.338 e. The van der Waals surface area contributed by atoms with Gasteiger partial charge in [0.25, 0.3) is 0 Å². The molecule has 1 aromatic heterocycles. The Morgan fingerprint density at radius 2 is 1.89 bits per heavy atom. The van der Waals surface area contributed by atoms with Crippen LogP contribution in [0.4, 0.5) is 15.9 Å². The number of anilines is 2. The van der Waals surface area contributed by atoms with Crippen molar-refractivity contribution in [3.8, 4) is 0 Å². The summed E-state index contributed by atoms with van der Waals surface area (Å²) in [6.45, 7) is 3.52. The van der Waals surface area contributed by atoms with E-state index in [1.165, 1.54) is 12.1 Å². The first-order valence-electron chi connectivity index (χ1n) is 5.31. The van der Waals surface area contributed by atoms with Crippen molar-refractivity contribution in [2.45, 2.75) is 13.8 Å². The van der Waals surface area contributed by atoms with Gasteiger partial charge in [-0.2, -0.15) is 0 Å². The van der Waals surface area contributed by atoms with Crippen molar-refractivity contribution in [3.05, 3.63) is 44.0 Å². The third-order valence-electron chi connectivity index (χ3n) is 2.45. The van der Waals surface area contributed by atoms with Gasteiger partial charge in [0, 0.05) is 10.0 Å². The summed E-state index contributed by atoms with van der Waals surface area (Å²) in [4.78, 5) is 8.30. The van der Waals surface area contributed by atoms with Gasteiger partial charge in [-0.05, 0) is 41.9 Å². The summed E-state index contributed by atoms with van der Waals surface area (Å²) in [5.41, 5.74) is 1.22. The molecule has 0 atom stereocenters. The molecule has 19 heavy (non-hydrogen) atoms. The monoisotopic (exact) mass is 363 g/mol. The zero-order valence-corrected chi connectivity index (χ0v) is 13.2. The van der Waals surface area contributed by atoms with Crippen molar-refractivity contribution in [2.24, 2.45) is 0 Å². The van der Waals surface area contributed by atoms with E-state index in [0.29, 0.717) is 32.5 Å². The van der Waals surface area contributed by atoms with Gasteiger partial charge in [0.05, 0.1) is 10.7 Å². The number of aromatic nitrogens is 2. The molecule has 2 rings (SSSR count). The van der Waals surface area contributed by atoms with Gasteiger partial charge in [-0.1, -0.05) is 23.2 Å². The third-order valence-corrected chi connectivity index (χ3v) is 3.74. The Bertz CT molecular complexity index is 626. The molecular formula is C12H9BrCl2FN3. The molecule has 0 unspecified atom stereocenters. The van der Waals surface area contributed by atoms with E-state index in [4.69, 9.17) is 23.2 Å². The van der Waals surface area contributed by atoms with E-state index in [9.17, 15) is 4.39 Å². The molecule has 0 bridgehead atoms. The molecule has 0 aliphatic heterocycles. The zero-order chi connectivity index (χ0) is 14.2. The first-order chi connectivity index (χ1) is 8.88. The maximum atomic E-state index is 13.2. The summed E-state index contributed by atoms with van der Waals surface area (Å²) < 4.78 is 13.7. The average molecular weight is 365 g/mol. The van der Waals surface area contributed by atoms with Crippen LogP contribution in [0.1, 0.15) is 11.4 Å². The molecule has 0 saturated heterocycles. The highest BCUT2D eigenvalue weighted by Gasteiger charge is 2.12. The van der Waals surface area contributed by atoms with Crippen LogP contribution in [0.3, 0.4) is 0 Å². The van der Waals surface area contributed by atoms with Crippen LogP contribution in [0.2, 0.25) is 10.2 Å². The number of hydrogen-bond acceptors (Lipinski definition) is 3. The number of hydrogen-bond donors (Lipinski definition) is 1. The smallest absolute Gasteiger partial charge is 0.138 e. The molecule has 0 aliphatic rings. The van der Waals surface area contributed by atoms with E-state index >= 15 is 0 Å². The lowest BCUT2D eigenvalue weighted by Gasteiger charge is -2.13. The quantitative estimate of drug-likeness (QED) is 0.758. The van der Waals surface area contributed by atoms with Gasteiger partial charge in [-0.25, -0.2) is 14.4 Å². The summed E-state index contributed by atoms with van der Waals surface area (Å²) >= 11 is 15.3. The molecule has 0 fully saturated rings. The first kappa shape index (κ1) is 14.5. The van der Waals surface area contributed by atoms with E-state index in [0.717, 1.165) is 0 Å². The van der Waals surface area contributed by atoms with Crippen LogP contribution in [-0.2, 0) is 0 Å². The van der Waals surface area contributed by atoms with Crippen molar-refractivity contribution < 1.29 is 4.39 Å². The summed E-state index contributed by atoms with van der Waals surface area (Å²) in [5, 5.41) is 3.65. The maximum absolute atomic E-state index is 13.2. The molecule has 1 heterocycles. The Hall–Kier alpha value is -0.910. The van der Waals surface area contributed by atoms with Gasteiger partial charge in [0.15, 0.2) is 0 Å². The molecule has 3 nitrogen and oxygen atoms in total. The third kappa shape index (κ3) is 3.16. The number of halogens is 4. The lowest BCUT2D eigenvalue weighted by molar-refractivity contribution is 0.627. The SMILES string of the molecule is Cc1nc(Cl)c(C)c(Nc2c(Cl)cc(F)cc2Br)n1. The van der Waals surface area contributed by atoms with Gasteiger partial charge >= 0.3 is 0 Å². The molecule has 0 aliphatic carbocycles. The minimum atomic E-state index is -0.420. The Kier molecular flexibility index (Phi) is 4.28. The summed E-state index contributed by atoms with van der Waals surface area (Å²) in [6, 6.07) is 2.54. The Labute approximate surface area is 128 Å². The lowest BCUT2D eigenvalue weighted by Crippen LogP contribution is -2.02. The Morgan fingerprint density at radius 3 is 2.53 bits per heavy atom. The molecule has 1 aromatic carbocycles. The van der Waals surface area contributed by atoms with E-state index in [1.54, 1.807) is 13.8 Å². The highest BCUT2D eigenvalue weighted by Crippen LogP contribution is 2.35. The number of nitrogens with zero attached hydrogens (tertiary/aromatic N) is 2. The van der Waals surface area contributed by atoms with Crippen molar-refractivity contribution in [1.29, 1.82) is 0 Å². The highest BCUT2D eigenvalue weighted by molar-refractivity contribution is 9.10. The lowest BCUT2D eigenvalue weighted by atomic mass is 10.3. The number of nitrogens with one attached hydrogen (secondary N) is 1. The molecule has 7 heteroatoms. The molecule has 1 N–H and O–H groups in total. The average Bonchev–Trinajstić information content (AvgIpc) is 2.29. The van der Waals surface area contributed by atoms with Gasteiger partial charge in [0.2, 0.25) is 0 Å². The van der Waals surface area contributed by atoms with Crippen LogP contribution in [0.25, 0.3) is 0 Å². The van der Waals surface area contributed by atoms with Crippen molar-refractivity contribution >= 4 is 50.6 Å². The number of benzene rings is 1. The summed E-state index contributed by atoms with van der Waals surface area (Å²) in [5.74, 6) is 0.648. The number of aryl methyl sites for hydroxylation is 1. The van der Waals surface area contributed by atoms with Gasteiger partial charge in [-0.15, -0.1) is 0 Å². The minimum absolute atomic E-state index is 0.249. The molecule has 2 aromatic rings. The van der Waals surface area contributed by atoms with Crippen LogP contribution in [-0.4, -0.2) is 9.97 Å². The fourth-order valence-electron chi connectivity index (χ4n) is 1.50. The maximum Gasteiger partial charge on any atom is 0.138 e. The van der Waals surface area contributed by atoms with Crippen LogP contribution < -0.4 is 5.32 Å². The van der Waals surface area contributed by atoms with Crippen molar-refractivity contribution in [3.63, 3.8) is 0 Å². The molecule has 0 amide bonds. The zero-order valence-electron chi connectivity index (χ0n) is 10.1. The first-order valence-corrected chi connectivity index (χ1v) is 6.85. The van der Waals surface area contributed by atoms with Crippen LogP contribution in [0.5, 0.6) is 0 Å². The molecular weight excluding hydrogens is 356 g/mol. The van der Waals surface area contributed by atoms with Gasteiger partial charge in [-0.3, -0.25) is 0 Å². The predicted octanol–water partition coefficient (Wildman–Crippen LogP) is 5.05. The van der Waals surface area contributed by atoms with Crippen LogP contribution in [0.15, 0.2) is 16.6 Å². The second-order valence-electron chi connectivity index (χ2n) is 3.90. The summed E-state index contributed by atoms with van der Waals surface area (Å²) in [7, 11) is 0. The molecule has 100 valence electrons. The summed E-state index contributed by atoms with van der Waals surface area (Å²) in [6.07, 6.45) is 0. The normalized spacial score (nSPS) is 10.6. The topological polar surface area (TPSA) is 37.8 Å². The highest BCUT2D eigenvalue weighted by atomic mass is 79.9. The number of rotatable bonds is 2. The molecule has 0 saturated carbocycles. The second-order valence-corrected chi connectivity index (χ2v) is 5.52. The van der Waals surface area contributed by atoms with Crippen LogP contribution >= 0.6 is 39.1 Å².